The number of nitrogens with one attached hydrogen (secondary N) is 1. The van der Waals surface area contributed by atoms with Crippen LogP contribution in [0.3, 0.4) is 0 Å². The lowest BCUT2D eigenvalue weighted by molar-refractivity contribution is -0.117. The van der Waals surface area contributed by atoms with Gasteiger partial charge in [-0.3, -0.25) is 4.79 Å². The van der Waals surface area contributed by atoms with Gasteiger partial charge in [-0.15, -0.1) is 0 Å². The van der Waals surface area contributed by atoms with E-state index in [2.05, 4.69) is 10.3 Å². The van der Waals surface area contributed by atoms with Crippen LogP contribution in [0.25, 0.3) is 0 Å². The van der Waals surface area contributed by atoms with Crippen LogP contribution in [0, 0.1) is 0 Å². The van der Waals surface area contributed by atoms with E-state index in [9.17, 15) is 4.79 Å². The van der Waals surface area contributed by atoms with Crippen molar-refractivity contribution in [1.82, 2.24) is 5.32 Å². The van der Waals surface area contributed by atoms with Crippen LogP contribution >= 0.6 is 0 Å². The number of Topliss-reactive ketones (excluding diaryl/α,β-unsaturated/α-hetero) is 1. The normalized spacial score (nSPS) is 12.8. The molecule has 0 bridgehead atoms. The Morgan fingerprint density at radius 2 is 2.23 bits per heavy atom. The highest BCUT2D eigenvalue weighted by Crippen LogP contribution is 1.87. The molecule has 0 aliphatic heterocycles. The number of nitrogens with two attached hydrogens (primary N) is 2. The summed E-state index contributed by atoms with van der Waals surface area (Å²) in [5.74, 6) is 0.108. The van der Waals surface area contributed by atoms with Gasteiger partial charge >= 0.3 is 0 Å². The Morgan fingerprint density at radius 1 is 1.62 bits per heavy atom. The fraction of sp³-hybridized carbons (Fsp3) is 0.500. The van der Waals surface area contributed by atoms with Crippen LogP contribution in [-0.4, -0.2) is 31.4 Å². The average Bonchev–Trinajstić information content (AvgIpc) is 2.03. The number of carbonyl (C=O) groups is 1. The monoisotopic (exact) mass is 184 g/mol. The van der Waals surface area contributed by atoms with Gasteiger partial charge < -0.3 is 16.8 Å². The molecule has 0 saturated carbocycles. The molecule has 0 spiro atoms. The number of hydrogen-bond donors (Lipinski definition) is 3. The number of carbonyl (C=O) groups excluding carboxylic acids is 1. The minimum absolute atomic E-state index is 0.0495. The molecule has 0 aliphatic carbocycles. The van der Waals surface area contributed by atoms with E-state index in [4.69, 9.17) is 11.5 Å². The number of likely N-dealkylation sites (N-methyl/N-ethyl adjacent to an activating group) is 1. The van der Waals surface area contributed by atoms with Crippen LogP contribution < -0.4 is 16.8 Å². The Hall–Kier alpha value is -1.36. The van der Waals surface area contributed by atoms with E-state index in [0.717, 1.165) is 0 Å². The molecule has 1 unspecified atom stereocenters. The summed E-state index contributed by atoms with van der Waals surface area (Å²) >= 11 is 0. The number of guanidine groups is 1. The van der Waals surface area contributed by atoms with Gasteiger partial charge in [0.1, 0.15) is 0 Å². The average molecular weight is 184 g/mol. The first-order valence-corrected chi connectivity index (χ1v) is 3.97. The SMILES string of the molecule is CNC(/C=C/CN=C(N)N)C(C)=O. The third kappa shape index (κ3) is 5.86. The second-order valence-corrected chi connectivity index (χ2v) is 2.57. The first-order chi connectivity index (χ1) is 6.07. The van der Waals surface area contributed by atoms with Gasteiger partial charge in [0.15, 0.2) is 11.7 Å². The number of nitrogens with zero attached hydrogens (tertiary/aromatic N) is 1. The molecule has 0 saturated heterocycles. The van der Waals surface area contributed by atoms with Crippen molar-refractivity contribution >= 4 is 11.7 Å². The molecule has 0 amide bonds. The zero-order chi connectivity index (χ0) is 10.3. The van der Waals surface area contributed by atoms with Gasteiger partial charge in [0, 0.05) is 0 Å². The van der Waals surface area contributed by atoms with Crippen molar-refractivity contribution in [3.8, 4) is 0 Å². The maximum atomic E-state index is 10.9. The van der Waals surface area contributed by atoms with Gasteiger partial charge in [-0.2, -0.15) is 0 Å². The second kappa shape index (κ2) is 6.19. The van der Waals surface area contributed by atoms with Crippen LogP contribution in [0.4, 0.5) is 0 Å². The van der Waals surface area contributed by atoms with Crippen LogP contribution in [0.2, 0.25) is 0 Å². The molecule has 0 rings (SSSR count). The topological polar surface area (TPSA) is 93.5 Å². The number of rotatable bonds is 5. The summed E-state index contributed by atoms with van der Waals surface area (Å²) in [5, 5.41) is 2.84. The molecule has 1 atom stereocenters. The molecule has 0 heterocycles. The summed E-state index contributed by atoms with van der Waals surface area (Å²) in [4.78, 5) is 14.6. The van der Waals surface area contributed by atoms with Crippen molar-refractivity contribution in [2.45, 2.75) is 13.0 Å². The third-order valence-electron chi connectivity index (χ3n) is 1.46. The molecule has 0 aromatic carbocycles. The molecule has 0 fully saturated rings. The van der Waals surface area contributed by atoms with E-state index in [1.54, 1.807) is 19.2 Å². The Kier molecular flexibility index (Phi) is 5.54. The highest BCUT2D eigenvalue weighted by molar-refractivity contribution is 5.83. The predicted molar refractivity (Wildman–Crippen MR) is 53.3 cm³/mol. The van der Waals surface area contributed by atoms with E-state index in [0.29, 0.717) is 6.54 Å². The first kappa shape index (κ1) is 11.6. The molecule has 5 nitrogen and oxygen atoms in total. The molecule has 5 heteroatoms. The van der Waals surface area contributed by atoms with Crippen molar-refractivity contribution < 1.29 is 4.79 Å². The standard InChI is InChI=1S/C8H16N4O/c1-6(13)7(11-2)4-3-5-12-8(9)10/h3-4,7,11H,5H2,1-2H3,(H4,9,10,12)/b4-3+. The summed E-state index contributed by atoms with van der Waals surface area (Å²) in [6, 6.07) is -0.255. The van der Waals surface area contributed by atoms with Crippen molar-refractivity contribution in [1.29, 1.82) is 0 Å². The maximum Gasteiger partial charge on any atom is 0.186 e. The van der Waals surface area contributed by atoms with E-state index in [1.165, 1.54) is 6.92 Å². The van der Waals surface area contributed by atoms with Gasteiger partial charge in [0.2, 0.25) is 0 Å². The zero-order valence-corrected chi connectivity index (χ0v) is 7.95. The molecular formula is C8H16N4O. The fourth-order valence-electron chi connectivity index (χ4n) is 0.790. The minimum atomic E-state index is -0.255. The largest absolute Gasteiger partial charge is 0.370 e. The summed E-state index contributed by atoms with van der Waals surface area (Å²) in [6.07, 6.45) is 3.47. The number of ketones is 1. The Bertz CT molecular complexity index is 218. The Balaban J connectivity index is 3.94. The maximum absolute atomic E-state index is 10.9. The summed E-state index contributed by atoms with van der Waals surface area (Å²) in [6.45, 7) is 1.92. The summed E-state index contributed by atoms with van der Waals surface area (Å²) < 4.78 is 0. The number of hydrogen-bond acceptors (Lipinski definition) is 3. The smallest absolute Gasteiger partial charge is 0.186 e. The highest BCUT2D eigenvalue weighted by atomic mass is 16.1. The van der Waals surface area contributed by atoms with Crippen molar-refractivity contribution in [3.63, 3.8) is 0 Å². The van der Waals surface area contributed by atoms with Gasteiger partial charge in [-0.05, 0) is 14.0 Å². The molecule has 0 radical (unpaired) electrons. The lowest BCUT2D eigenvalue weighted by Crippen LogP contribution is -2.30. The van der Waals surface area contributed by atoms with E-state index in [-0.39, 0.29) is 17.8 Å². The van der Waals surface area contributed by atoms with Crippen molar-refractivity contribution in [3.05, 3.63) is 12.2 Å². The highest BCUT2D eigenvalue weighted by Gasteiger charge is 2.04. The molecule has 74 valence electrons. The van der Waals surface area contributed by atoms with Gasteiger partial charge in [0.05, 0.1) is 12.6 Å². The Morgan fingerprint density at radius 3 is 2.62 bits per heavy atom. The summed E-state index contributed by atoms with van der Waals surface area (Å²) in [7, 11) is 1.72. The van der Waals surface area contributed by atoms with Crippen molar-refractivity contribution in [2.24, 2.45) is 16.5 Å². The van der Waals surface area contributed by atoms with Gasteiger partial charge in [-0.1, -0.05) is 12.2 Å². The van der Waals surface area contributed by atoms with E-state index < -0.39 is 0 Å². The first-order valence-electron chi connectivity index (χ1n) is 3.97. The molecule has 5 N–H and O–H groups in total. The zero-order valence-electron chi connectivity index (χ0n) is 7.95. The number of aliphatic imine (C=N–C) groups is 1. The molecule has 13 heavy (non-hydrogen) atoms. The quantitative estimate of drug-likeness (QED) is 0.290. The van der Waals surface area contributed by atoms with Crippen LogP contribution in [0.15, 0.2) is 17.1 Å². The predicted octanol–water partition coefficient (Wildman–Crippen LogP) is -1.01. The fourth-order valence-corrected chi connectivity index (χ4v) is 0.790. The van der Waals surface area contributed by atoms with Crippen LogP contribution in [0.1, 0.15) is 6.92 Å². The van der Waals surface area contributed by atoms with Crippen LogP contribution in [0.5, 0.6) is 0 Å². The molecule has 0 aromatic rings. The van der Waals surface area contributed by atoms with Crippen molar-refractivity contribution in [2.75, 3.05) is 13.6 Å². The Labute approximate surface area is 77.9 Å². The minimum Gasteiger partial charge on any atom is -0.370 e. The van der Waals surface area contributed by atoms with Gasteiger partial charge in [0.25, 0.3) is 0 Å². The summed E-state index contributed by atoms with van der Waals surface area (Å²) in [5.41, 5.74) is 10.2. The third-order valence-corrected chi connectivity index (χ3v) is 1.46. The molecule has 0 aliphatic rings. The van der Waals surface area contributed by atoms with E-state index >= 15 is 0 Å². The second-order valence-electron chi connectivity index (χ2n) is 2.57. The van der Waals surface area contributed by atoms with Crippen LogP contribution in [-0.2, 0) is 4.79 Å². The lowest BCUT2D eigenvalue weighted by Gasteiger charge is -2.05. The lowest BCUT2D eigenvalue weighted by atomic mass is 10.2. The molecular weight excluding hydrogens is 168 g/mol. The van der Waals surface area contributed by atoms with E-state index in [1.807, 2.05) is 0 Å². The molecule has 0 aromatic heterocycles. The van der Waals surface area contributed by atoms with Gasteiger partial charge in [-0.25, -0.2) is 4.99 Å².